The van der Waals surface area contributed by atoms with E-state index in [4.69, 9.17) is 9.47 Å². The molecule has 98 valence electrons. The predicted molar refractivity (Wildman–Crippen MR) is 75.6 cm³/mol. The second-order valence-corrected chi connectivity index (χ2v) is 5.81. The summed E-state index contributed by atoms with van der Waals surface area (Å²) in [4.78, 5) is 3.73. The van der Waals surface area contributed by atoms with Crippen LogP contribution in [0, 0.1) is 0 Å². The van der Waals surface area contributed by atoms with Crippen molar-refractivity contribution in [2.75, 3.05) is 34.0 Å². The van der Waals surface area contributed by atoms with Gasteiger partial charge in [-0.25, -0.2) is 0 Å². The van der Waals surface area contributed by atoms with E-state index in [0.29, 0.717) is 6.04 Å². The zero-order valence-corrected chi connectivity index (χ0v) is 13.0. The highest BCUT2D eigenvalue weighted by molar-refractivity contribution is 9.10. The third kappa shape index (κ3) is 5.06. The van der Waals surface area contributed by atoms with Crippen molar-refractivity contribution in [2.24, 2.45) is 0 Å². The second-order valence-electron chi connectivity index (χ2n) is 3.96. The number of ether oxygens (including phenoxy) is 2. The third-order valence-corrected chi connectivity index (χ3v) is 4.56. The van der Waals surface area contributed by atoms with E-state index in [0.717, 1.165) is 26.3 Å². The fraction of sp³-hybridized carbons (Fsp3) is 0.667. The molecule has 0 aliphatic carbocycles. The van der Waals surface area contributed by atoms with Crippen LogP contribution >= 0.6 is 27.3 Å². The van der Waals surface area contributed by atoms with Crippen LogP contribution in [0.1, 0.15) is 11.8 Å². The number of thiophene rings is 1. The molecular formula is C12H20BrNO2S. The van der Waals surface area contributed by atoms with Gasteiger partial charge in [-0.2, -0.15) is 0 Å². The van der Waals surface area contributed by atoms with Crippen molar-refractivity contribution in [1.82, 2.24) is 4.90 Å². The number of hydrogen-bond donors (Lipinski definition) is 0. The number of nitrogens with zero attached hydrogens (tertiary/aromatic N) is 1. The number of rotatable bonds is 8. The maximum absolute atomic E-state index is 5.22. The molecule has 1 aromatic rings. The van der Waals surface area contributed by atoms with Crippen LogP contribution in [0.25, 0.3) is 0 Å². The van der Waals surface area contributed by atoms with Crippen molar-refractivity contribution in [3.8, 4) is 0 Å². The highest BCUT2D eigenvalue weighted by Crippen LogP contribution is 2.24. The molecule has 0 amide bonds. The van der Waals surface area contributed by atoms with E-state index in [1.54, 1.807) is 25.6 Å². The first kappa shape index (κ1) is 15.1. The molecule has 0 N–H and O–H groups in total. The average molecular weight is 322 g/mol. The molecule has 5 heteroatoms. The van der Waals surface area contributed by atoms with E-state index in [-0.39, 0.29) is 0 Å². The van der Waals surface area contributed by atoms with Gasteiger partial charge in [0.1, 0.15) is 0 Å². The summed E-state index contributed by atoms with van der Waals surface area (Å²) < 4.78 is 11.6. The molecule has 1 rings (SSSR count). The minimum Gasteiger partial charge on any atom is -0.383 e. The Balaban J connectivity index is 2.59. The molecule has 0 saturated carbocycles. The first-order valence-electron chi connectivity index (χ1n) is 5.62. The number of methoxy groups -OCH3 is 2. The highest BCUT2D eigenvalue weighted by Gasteiger charge is 2.15. The Labute approximate surface area is 116 Å². The van der Waals surface area contributed by atoms with E-state index in [1.807, 2.05) is 0 Å². The largest absolute Gasteiger partial charge is 0.383 e. The molecule has 1 heterocycles. The van der Waals surface area contributed by atoms with Crippen LogP contribution in [0.2, 0.25) is 0 Å². The van der Waals surface area contributed by atoms with Gasteiger partial charge >= 0.3 is 0 Å². The molecular weight excluding hydrogens is 302 g/mol. The lowest BCUT2D eigenvalue weighted by atomic mass is 10.3. The fourth-order valence-electron chi connectivity index (χ4n) is 1.63. The van der Waals surface area contributed by atoms with Crippen LogP contribution in [0.15, 0.2) is 15.9 Å². The van der Waals surface area contributed by atoms with Crippen molar-refractivity contribution >= 4 is 27.3 Å². The van der Waals surface area contributed by atoms with Gasteiger partial charge in [-0.3, -0.25) is 4.90 Å². The zero-order chi connectivity index (χ0) is 12.7. The summed E-state index contributed by atoms with van der Waals surface area (Å²) in [7, 11) is 3.48. The first-order valence-corrected chi connectivity index (χ1v) is 7.30. The summed E-state index contributed by atoms with van der Waals surface area (Å²) in [5.41, 5.74) is 0. The summed E-state index contributed by atoms with van der Waals surface area (Å²) in [6, 6.07) is 2.49. The number of hydrogen-bond acceptors (Lipinski definition) is 4. The van der Waals surface area contributed by atoms with Crippen molar-refractivity contribution in [2.45, 2.75) is 19.5 Å². The van der Waals surface area contributed by atoms with Crippen LogP contribution in [0.4, 0.5) is 0 Å². The standard InChI is InChI=1S/C12H20BrNO2S/c1-10(9-16-3)14(5-6-15-2)8-12-11(13)4-7-17-12/h4,7,10H,5-6,8-9H2,1-3H3. The van der Waals surface area contributed by atoms with Crippen molar-refractivity contribution < 1.29 is 9.47 Å². The lowest BCUT2D eigenvalue weighted by Gasteiger charge is -2.28. The maximum atomic E-state index is 5.22. The van der Waals surface area contributed by atoms with E-state index >= 15 is 0 Å². The molecule has 1 unspecified atom stereocenters. The molecule has 0 radical (unpaired) electrons. The molecule has 0 aliphatic heterocycles. The minimum absolute atomic E-state index is 0.393. The fourth-order valence-corrected chi connectivity index (χ4v) is 3.14. The van der Waals surface area contributed by atoms with Crippen LogP contribution in [-0.2, 0) is 16.0 Å². The SMILES string of the molecule is COCCN(Cc1sccc1Br)C(C)COC. The Kier molecular flexibility index (Phi) is 7.30. The van der Waals surface area contributed by atoms with Gasteiger partial charge in [0.25, 0.3) is 0 Å². The summed E-state index contributed by atoms with van der Waals surface area (Å²) in [6.45, 7) is 5.53. The Hall–Kier alpha value is 0.0600. The molecule has 1 aromatic heterocycles. The van der Waals surface area contributed by atoms with E-state index < -0.39 is 0 Å². The smallest absolute Gasteiger partial charge is 0.0615 e. The Bertz CT molecular complexity index is 319. The van der Waals surface area contributed by atoms with Gasteiger partial charge in [0.05, 0.1) is 13.2 Å². The minimum atomic E-state index is 0.393. The maximum Gasteiger partial charge on any atom is 0.0615 e. The quantitative estimate of drug-likeness (QED) is 0.734. The van der Waals surface area contributed by atoms with Crippen molar-refractivity contribution in [3.05, 3.63) is 20.8 Å². The van der Waals surface area contributed by atoms with Gasteiger partial charge in [0.2, 0.25) is 0 Å². The number of halogens is 1. The second kappa shape index (κ2) is 8.21. The first-order chi connectivity index (χ1) is 8.19. The van der Waals surface area contributed by atoms with E-state index in [2.05, 4.69) is 39.2 Å². The van der Waals surface area contributed by atoms with E-state index in [1.165, 1.54) is 9.35 Å². The molecule has 0 aliphatic rings. The van der Waals surface area contributed by atoms with Crippen LogP contribution < -0.4 is 0 Å². The Morgan fingerprint density at radius 3 is 2.71 bits per heavy atom. The Morgan fingerprint density at radius 1 is 1.41 bits per heavy atom. The molecule has 0 saturated heterocycles. The summed E-state index contributed by atoms with van der Waals surface area (Å²) in [5, 5.41) is 2.11. The Morgan fingerprint density at radius 2 is 2.18 bits per heavy atom. The van der Waals surface area contributed by atoms with Gasteiger partial charge in [-0.1, -0.05) is 0 Å². The van der Waals surface area contributed by atoms with Crippen LogP contribution in [-0.4, -0.2) is 44.9 Å². The third-order valence-electron chi connectivity index (χ3n) is 2.65. The van der Waals surface area contributed by atoms with Crippen LogP contribution in [0.5, 0.6) is 0 Å². The molecule has 0 fully saturated rings. The molecule has 0 spiro atoms. The molecule has 0 bridgehead atoms. The van der Waals surface area contributed by atoms with Gasteiger partial charge in [0, 0.05) is 42.7 Å². The van der Waals surface area contributed by atoms with Gasteiger partial charge in [-0.05, 0) is 34.3 Å². The van der Waals surface area contributed by atoms with Crippen LogP contribution in [0.3, 0.4) is 0 Å². The molecule has 0 aromatic carbocycles. The predicted octanol–water partition coefficient (Wildman–Crippen LogP) is 2.99. The average Bonchev–Trinajstić information content (AvgIpc) is 2.70. The van der Waals surface area contributed by atoms with Gasteiger partial charge < -0.3 is 9.47 Å². The van der Waals surface area contributed by atoms with Gasteiger partial charge in [-0.15, -0.1) is 11.3 Å². The molecule has 3 nitrogen and oxygen atoms in total. The summed E-state index contributed by atoms with van der Waals surface area (Å²) >= 11 is 5.35. The summed E-state index contributed by atoms with van der Waals surface area (Å²) in [5.74, 6) is 0. The van der Waals surface area contributed by atoms with Crippen molar-refractivity contribution in [1.29, 1.82) is 0 Å². The highest BCUT2D eigenvalue weighted by atomic mass is 79.9. The topological polar surface area (TPSA) is 21.7 Å². The van der Waals surface area contributed by atoms with E-state index in [9.17, 15) is 0 Å². The monoisotopic (exact) mass is 321 g/mol. The molecule has 17 heavy (non-hydrogen) atoms. The van der Waals surface area contributed by atoms with Gasteiger partial charge in [0.15, 0.2) is 0 Å². The summed E-state index contributed by atoms with van der Waals surface area (Å²) in [6.07, 6.45) is 0. The lowest BCUT2D eigenvalue weighted by molar-refractivity contribution is 0.0710. The zero-order valence-electron chi connectivity index (χ0n) is 10.6. The molecule has 1 atom stereocenters. The lowest BCUT2D eigenvalue weighted by Crippen LogP contribution is -2.37. The van der Waals surface area contributed by atoms with Crippen molar-refractivity contribution in [3.63, 3.8) is 0 Å². The normalized spacial score (nSPS) is 13.2.